The Hall–Kier alpha value is -2.26. The highest BCUT2D eigenvalue weighted by atomic mass is 35.5. The molecule has 0 saturated carbocycles. The van der Waals surface area contributed by atoms with E-state index in [0.29, 0.717) is 16.5 Å². The molecule has 0 heterocycles. The summed E-state index contributed by atoms with van der Waals surface area (Å²) in [7, 11) is 1.32. The summed E-state index contributed by atoms with van der Waals surface area (Å²) in [6.45, 7) is 0. The average molecular weight is 289 g/mol. The molecule has 2 aromatic carbocycles. The minimum atomic E-state index is -0.481. The molecule has 0 aromatic heterocycles. The molecule has 0 radical (unpaired) electrons. The molecule has 0 bridgehead atoms. The van der Waals surface area contributed by atoms with Crippen molar-refractivity contribution in [2.24, 2.45) is 0 Å². The van der Waals surface area contributed by atoms with Crippen LogP contribution in [0.1, 0.15) is 5.56 Å². The van der Waals surface area contributed by atoms with Crippen LogP contribution in [0.5, 0.6) is 5.75 Å². The standard InChI is InChI=1S/C16H13ClO3/c1-19-16(18)11-15(12-7-9-13(17)10-8-12)20-14-5-3-2-4-6-14/h2-11H,1H3/b15-11-. The van der Waals surface area contributed by atoms with Gasteiger partial charge in [-0.25, -0.2) is 4.79 Å². The number of halogens is 1. The molecule has 0 aliphatic rings. The molecule has 0 atom stereocenters. The van der Waals surface area contributed by atoms with Crippen LogP contribution in [0.25, 0.3) is 5.76 Å². The summed E-state index contributed by atoms with van der Waals surface area (Å²) >= 11 is 5.86. The smallest absolute Gasteiger partial charge is 0.334 e. The first kappa shape index (κ1) is 14.2. The van der Waals surface area contributed by atoms with E-state index >= 15 is 0 Å². The van der Waals surface area contributed by atoms with Crippen molar-refractivity contribution in [1.29, 1.82) is 0 Å². The van der Waals surface area contributed by atoms with Crippen molar-refractivity contribution in [3.8, 4) is 5.75 Å². The van der Waals surface area contributed by atoms with Gasteiger partial charge in [-0.15, -0.1) is 0 Å². The second kappa shape index (κ2) is 6.78. The molecular formula is C16H13ClO3. The van der Waals surface area contributed by atoms with Gasteiger partial charge >= 0.3 is 5.97 Å². The van der Waals surface area contributed by atoms with Crippen molar-refractivity contribution < 1.29 is 14.3 Å². The summed E-state index contributed by atoms with van der Waals surface area (Å²) in [5, 5.41) is 0.617. The maximum absolute atomic E-state index is 11.4. The Morgan fingerprint density at radius 3 is 2.30 bits per heavy atom. The maximum Gasteiger partial charge on any atom is 0.334 e. The molecule has 20 heavy (non-hydrogen) atoms. The fraction of sp³-hybridized carbons (Fsp3) is 0.0625. The van der Waals surface area contributed by atoms with Crippen LogP contribution in [-0.4, -0.2) is 13.1 Å². The first-order valence-electron chi connectivity index (χ1n) is 5.97. The van der Waals surface area contributed by atoms with Crippen LogP contribution < -0.4 is 4.74 Å². The number of ether oxygens (including phenoxy) is 2. The highest BCUT2D eigenvalue weighted by molar-refractivity contribution is 6.30. The molecule has 102 valence electrons. The molecule has 2 rings (SSSR count). The van der Waals surface area contributed by atoms with Crippen LogP contribution >= 0.6 is 11.6 Å². The Labute approximate surface area is 122 Å². The van der Waals surface area contributed by atoms with Gasteiger partial charge in [0.1, 0.15) is 11.5 Å². The molecule has 0 aliphatic carbocycles. The number of rotatable bonds is 4. The second-order valence-electron chi connectivity index (χ2n) is 3.95. The van der Waals surface area contributed by atoms with Gasteiger partial charge in [-0.05, 0) is 36.4 Å². The molecular weight excluding hydrogens is 276 g/mol. The normalized spacial score (nSPS) is 11.0. The van der Waals surface area contributed by atoms with Crippen molar-refractivity contribution in [3.63, 3.8) is 0 Å². The Kier molecular flexibility index (Phi) is 4.80. The van der Waals surface area contributed by atoms with Gasteiger partial charge in [-0.1, -0.05) is 29.8 Å². The Bertz CT molecular complexity index is 603. The van der Waals surface area contributed by atoms with Crippen LogP contribution in [-0.2, 0) is 9.53 Å². The van der Waals surface area contributed by atoms with Gasteiger partial charge in [0.15, 0.2) is 0 Å². The summed E-state index contributed by atoms with van der Waals surface area (Å²) in [6, 6.07) is 16.2. The highest BCUT2D eigenvalue weighted by Gasteiger charge is 2.08. The van der Waals surface area contributed by atoms with Crippen molar-refractivity contribution in [2.75, 3.05) is 7.11 Å². The number of para-hydroxylation sites is 1. The maximum atomic E-state index is 11.4. The number of carbonyl (C=O) groups is 1. The molecule has 4 heteroatoms. The summed E-state index contributed by atoms with van der Waals surface area (Å²) in [4.78, 5) is 11.4. The van der Waals surface area contributed by atoms with E-state index in [1.807, 2.05) is 18.2 Å². The van der Waals surface area contributed by atoms with Crippen LogP contribution in [0.2, 0.25) is 5.02 Å². The van der Waals surface area contributed by atoms with E-state index in [0.717, 1.165) is 5.56 Å². The van der Waals surface area contributed by atoms with Crippen LogP contribution in [0.4, 0.5) is 0 Å². The lowest BCUT2D eigenvalue weighted by Gasteiger charge is -2.10. The van der Waals surface area contributed by atoms with E-state index < -0.39 is 5.97 Å². The first-order chi connectivity index (χ1) is 9.69. The fourth-order valence-corrected chi connectivity index (χ4v) is 1.69. The minimum Gasteiger partial charge on any atom is -0.466 e. The van der Waals surface area contributed by atoms with Gasteiger partial charge in [-0.2, -0.15) is 0 Å². The highest BCUT2D eigenvalue weighted by Crippen LogP contribution is 2.22. The lowest BCUT2D eigenvalue weighted by atomic mass is 10.2. The van der Waals surface area contributed by atoms with E-state index in [9.17, 15) is 4.79 Å². The van der Waals surface area contributed by atoms with E-state index in [2.05, 4.69) is 4.74 Å². The largest absolute Gasteiger partial charge is 0.466 e. The van der Waals surface area contributed by atoms with Crippen LogP contribution in [0.3, 0.4) is 0 Å². The molecule has 0 amide bonds. The van der Waals surface area contributed by atoms with Gasteiger partial charge in [0, 0.05) is 10.6 Å². The third-order valence-electron chi connectivity index (χ3n) is 2.55. The third kappa shape index (κ3) is 3.87. The van der Waals surface area contributed by atoms with Crippen molar-refractivity contribution in [2.45, 2.75) is 0 Å². The summed E-state index contributed by atoms with van der Waals surface area (Å²) in [5.74, 6) is 0.559. The average Bonchev–Trinajstić information content (AvgIpc) is 2.48. The summed E-state index contributed by atoms with van der Waals surface area (Å²) in [5.41, 5.74) is 0.739. The lowest BCUT2D eigenvalue weighted by Crippen LogP contribution is -2.01. The van der Waals surface area contributed by atoms with Crippen LogP contribution in [0, 0.1) is 0 Å². The SMILES string of the molecule is COC(=O)/C=C(\Oc1ccccc1)c1ccc(Cl)cc1. The van der Waals surface area contributed by atoms with Crippen molar-refractivity contribution in [1.82, 2.24) is 0 Å². The van der Waals surface area contributed by atoms with Crippen molar-refractivity contribution >= 4 is 23.3 Å². The van der Waals surface area contributed by atoms with Gasteiger partial charge in [-0.3, -0.25) is 0 Å². The monoisotopic (exact) mass is 288 g/mol. The first-order valence-corrected chi connectivity index (χ1v) is 6.35. The zero-order valence-electron chi connectivity index (χ0n) is 10.9. The van der Waals surface area contributed by atoms with E-state index in [4.69, 9.17) is 16.3 Å². The van der Waals surface area contributed by atoms with Gasteiger partial charge in [0.05, 0.1) is 13.2 Å². The molecule has 0 N–H and O–H groups in total. The molecule has 3 nitrogen and oxygen atoms in total. The quantitative estimate of drug-likeness (QED) is 0.486. The van der Waals surface area contributed by atoms with Crippen LogP contribution in [0.15, 0.2) is 60.7 Å². The molecule has 0 saturated heterocycles. The molecule has 0 unspecified atom stereocenters. The Morgan fingerprint density at radius 2 is 1.70 bits per heavy atom. The number of benzene rings is 2. The Morgan fingerprint density at radius 1 is 1.05 bits per heavy atom. The predicted molar refractivity (Wildman–Crippen MR) is 78.5 cm³/mol. The number of hydrogen-bond acceptors (Lipinski definition) is 3. The molecule has 0 spiro atoms. The van der Waals surface area contributed by atoms with Gasteiger partial charge in [0.2, 0.25) is 0 Å². The number of carbonyl (C=O) groups excluding carboxylic acids is 1. The molecule has 0 fully saturated rings. The number of methoxy groups -OCH3 is 1. The minimum absolute atomic E-state index is 0.403. The summed E-state index contributed by atoms with van der Waals surface area (Å²) < 4.78 is 10.4. The van der Waals surface area contributed by atoms with E-state index in [-0.39, 0.29) is 0 Å². The zero-order chi connectivity index (χ0) is 14.4. The molecule has 2 aromatic rings. The Balaban J connectivity index is 2.32. The second-order valence-corrected chi connectivity index (χ2v) is 4.39. The zero-order valence-corrected chi connectivity index (χ0v) is 11.6. The lowest BCUT2D eigenvalue weighted by molar-refractivity contribution is -0.134. The predicted octanol–water partition coefficient (Wildman–Crippen LogP) is 3.93. The molecule has 0 aliphatic heterocycles. The van der Waals surface area contributed by atoms with Gasteiger partial charge < -0.3 is 9.47 Å². The van der Waals surface area contributed by atoms with E-state index in [1.165, 1.54) is 13.2 Å². The third-order valence-corrected chi connectivity index (χ3v) is 2.80. The summed E-state index contributed by atoms with van der Waals surface area (Å²) in [6.07, 6.45) is 1.30. The number of esters is 1. The van der Waals surface area contributed by atoms with E-state index in [1.54, 1.807) is 36.4 Å². The number of hydrogen-bond donors (Lipinski definition) is 0. The fourth-order valence-electron chi connectivity index (χ4n) is 1.57. The van der Waals surface area contributed by atoms with Crippen molar-refractivity contribution in [3.05, 3.63) is 71.3 Å². The van der Waals surface area contributed by atoms with Gasteiger partial charge in [0.25, 0.3) is 0 Å². The topological polar surface area (TPSA) is 35.5 Å².